The van der Waals surface area contributed by atoms with E-state index >= 15 is 0 Å². The van der Waals surface area contributed by atoms with Crippen molar-refractivity contribution in [2.75, 3.05) is 0 Å². The molecular weight excluding hydrogens is 278 g/mol. The van der Waals surface area contributed by atoms with Crippen molar-refractivity contribution < 1.29 is 15.0 Å². The number of carbonyl (C=O) groups is 1. The summed E-state index contributed by atoms with van der Waals surface area (Å²) in [4.78, 5) is 15.4. The molecule has 0 heterocycles. The smallest absolute Gasteiger partial charge is 0.337 e. The predicted molar refractivity (Wildman–Crippen MR) is 86.3 cm³/mol. The molecule has 0 unspecified atom stereocenters. The number of fused-ring (bicyclic) bond motifs is 1. The Balaban J connectivity index is 2.03. The first-order valence-corrected chi connectivity index (χ1v) is 6.74. The maximum absolute atomic E-state index is 11.2. The molecule has 0 aliphatic heterocycles. The van der Waals surface area contributed by atoms with Gasteiger partial charge in [0.25, 0.3) is 0 Å². The molecule has 3 aromatic rings. The van der Waals surface area contributed by atoms with Crippen LogP contribution in [0.1, 0.15) is 15.9 Å². The number of para-hydroxylation sites is 1. The Morgan fingerprint density at radius 1 is 0.955 bits per heavy atom. The second kappa shape index (κ2) is 5.69. The molecule has 0 bridgehead atoms. The topological polar surface area (TPSA) is 69.9 Å². The van der Waals surface area contributed by atoms with Crippen LogP contribution in [0.2, 0.25) is 0 Å². The molecule has 2 N–H and O–H groups in total. The van der Waals surface area contributed by atoms with E-state index < -0.39 is 5.97 Å². The second-order valence-electron chi connectivity index (χ2n) is 4.81. The molecule has 0 saturated heterocycles. The van der Waals surface area contributed by atoms with Gasteiger partial charge < -0.3 is 10.2 Å². The summed E-state index contributed by atoms with van der Waals surface area (Å²) in [6.07, 6.45) is 1.48. The minimum atomic E-state index is -1.03. The first kappa shape index (κ1) is 13.8. The van der Waals surface area contributed by atoms with E-state index in [1.165, 1.54) is 12.3 Å². The molecule has 0 atom stereocenters. The van der Waals surface area contributed by atoms with E-state index in [0.29, 0.717) is 11.3 Å². The van der Waals surface area contributed by atoms with Crippen molar-refractivity contribution in [1.29, 1.82) is 0 Å². The van der Waals surface area contributed by atoms with Crippen LogP contribution in [-0.4, -0.2) is 22.4 Å². The van der Waals surface area contributed by atoms with E-state index in [2.05, 4.69) is 4.99 Å². The molecule has 4 nitrogen and oxygen atoms in total. The largest absolute Gasteiger partial charge is 0.507 e. The maximum atomic E-state index is 11.2. The van der Waals surface area contributed by atoms with Crippen LogP contribution < -0.4 is 0 Å². The monoisotopic (exact) mass is 291 g/mol. The first-order valence-electron chi connectivity index (χ1n) is 6.74. The van der Waals surface area contributed by atoms with Gasteiger partial charge in [0.1, 0.15) is 5.75 Å². The van der Waals surface area contributed by atoms with Crippen LogP contribution in [0.4, 0.5) is 5.69 Å². The summed E-state index contributed by atoms with van der Waals surface area (Å²) in [7, 11) is 0. The van der Waals surface area contributed by atoms with Crippen molar-refractivity contribution in [2.45, 2.75) is 0 Å². The lowest BCUT2D eigenvalue weighted by molar-refractivity contribution is 0.0698. The number of nitrogens with zero attached hydrogens (tertiary/aromatic N) is 1. The summed E-state index contributed by atoms with van der Waals surface area (Å²) in [5, 5.41) is 21.1. The Kier molecular flexibility index (Phi) is 3.58. The van der Waals surface area contributed by atoms with Crippen LogP contribution in [0.15, 0.2) is 65.7 Å². The summed E-state index contributed by atoms with van der Waals surface area (Å²) in [5.41, 5.74) is 1.01. The number of aromatic hydroxyl groups is 1. The predicted octanol–water partition coefficient (Wildman–Crippen LogP) is 3.99. The highest BCUT2D eigenvalue weighted by atomic mass is 16.4. The zero-order valence-corrected chi connectivity index (χ0v) is 11.6. The van der Waals surface area contributed by atoms with Crippen molar-refractivity contribution in [2.24, 2.45) is 4.99 Å². The lowest BCUT2D eigenvalue weighted by Gasteiger charge is -2.04. The fraction of sp³-hybridized carbons (Fsp3) is 0. The molecule has 22 heavy (non-hydrogen) atoms. The Hall–Kier alpha value is -3.14. The minimum Gasteiger partial charge on any atom is -0.507 e. The molecule has 0 saturated carbocycles. The molecule has 3 rings (SSSR count). The van der Waals surface area contributed by atoms with Gasteiger partial charge in [0.2, 0.25) is 0 Å². The summed E-state index contributed by atoms with van der Waals surface area (Å²) in [6.45, 7) is 0. The van der Waals surface area contributed by atoms with Crippen molar-refractivity contribution in [3.8, 4) is 5.75 Å². The Bertz CT molecular complexity index is 884. The van der Waals surface area contributed by atoms with Crippen molar-refractivity contribution in [3.63, 3.8) is 0 Å². The van der Waals surface area contributed by atoms with E-state index in [1.54, 1.807) is 24.3 Å². The highest BCUT2D eigenvalue weighted by molar-refractivity contribution is 5.99. The molecule has 0 spiro atoms. The number of carboxylic acid groups (broad SMARTS) is 1. The van der Waals surface area contributed by atoms with Crippen LogP contribution in [0.5, 0.6) is 5.75 Å². The third-order valence-electron chi connectivity index (χ3n) is 3.41. The SMILES string of the molecule is O=C(O)c1ccccc1N=Cc1ccc2ccccc2c1O. The van der Waals surface area contributed by atoms with E-state index in [1.807, 2.05) is 30.3 Å². The number of hydrogen-bond donors (Lipinski definition) is 2. The molecule has 0 aromatic heterocycles. The van der Waals surface area contributed by atoms with Crippen molar-refractivity contribution >= 4 is 28.6 Å². The lowest BCUT2D eigenvalue weighted by atomic mass is 10.1. The standard InChI is InChI=1S/C18H13NO3/c20-17-13(10-9-12-5-1-2-6-14(12)17)11-19-16-8-4-3-7-15(16)18(21)22/h1-11,20H,(H,21,22). The van der Waals surface area contributed by atoms with E-state index in [4.69, 9.17) is 5.11 Å². The maximum Gasteiger partial charge on any atom is 0.337 e. The van der Waals surface area contributed by atoms with E-state index in [9.17, 15) is 9.90 Å². The highest BCUT2D eigenvalue weighted by Crippen LogP contribution is 2.28. The molecular formula is C18H13NO3. The van der Waals surface area contributed by atoms with Gasteiger partial charge in [-0.15, -0.1) is 0 Å². The lowest BCUT2D eigenvalue weighted by Crippen LogP contribution is -1.96. The number of benzene rings is 3. The number of aromatic carboxylic acids is 1. The fourth-order valence-corrected chi connectivity index (χ4v) is 2.28. The molecule has 4 heteroatoms. The van der Waals surface area contributed by atoms with Gasteiger partial charge in [-0.2, -0.15) is 0 Å². The number of rotatable bonds is 3. The molecule has 0 fully saturated rings. The molecule has 3 aromatic carbocycles. The van der Waals surface area contributed by atoms with Gasteiger partial charge in [-0.3, -0.25) is 4.99 Å². The van der Waals surface area contributed by atoms with Crippen LogP contribution in [-0.2, 0) is 0 Å². The number of hydrogen-bond acceptors (Lipinski definition) is 3. The number of phenols is 1. The number of aliphatic imine (C=N–C) groups is 1. The molecule has 0 aliphatic carbocycles. The van der Waals surface area contributed by atoms with E-state index in [-0.39, 0.29) is 11.3 Å². The fourth-order valence-electron chi connectivity index (χ4n) is 2.28. The Morgan fingerprint density at radius 2 is 1.68 bits per heavy atom. The zero-order valence-electron chi connectivity index (χ0n) is 11.6. The van der Waals surface area contributed by atoms with Crippen molar-refractivity contribution in [3.05, 3.63) is 71.8 Å². The molecule has 0 amide bonds. The van der Waals surface area contributed by atoms with Crippen LogP contribution >= 0.6 is 0 Å². The average Bonchev–Trinajstić information content (AvgIpc) is 2.55. The highest BCUT2D eigenvalue weighted by Gasteiger charge is 2.08. The summed E-state index contributed by atoms with van der Waals surface area (Å²) in [6, 6.07) is 17.6. The Morgan fingerprint density at radius 3 is 2.50 bits per heavy atom. The van der Waals surface area contributed by atoms with Gasteiger partial charge in [-0.25, -0.2) is 4.79 Å². The molecule has 0 radical (unpaired) electrons. The van der Waals surface area contributed by atoms with Gasteiger partial charge in [0.05, 0.1) is 11.3 Å². The number of phenolic OH excluding ortho intramolecular Hbond substituents is 1. The van der Waals surface area contributed by atoms with Gasteiger partial charge in [0.15, 0.2) is 0 Å². The van der Waals surface area contributed by atoms with Gasteiger partial charge >= 0.3 is 5.97 Å². The van der Waals surface area contributed by atoms with Gasteiger partial charge in [-0.05, 0) is 23.6 Å². The third-order valence-corrected chi connectivity index (χ3v) is 3.41. The first-order chi connectivity index (χ1) is 10.7. The molecule has 108 valence electrons. The summed E-state index contributed by atoms with van der Waals surface area (Å²) in [5.74, 6) is -0.898. The summed E-state index contributed by atoms with van der Waals surface area (Å²) >= 11 is 0. The van der Waals surface area contributed by atoms with Crippen LogP contribution in [0, 0.1) is 0 Å². The molecule has 0 aliphatic rings. The number of carboxylic acids is 1. The third kappa shape index (κ3) is 2.54. The zero-order chi connectivity index (χ0) is 15.5. The second-order valence-corrected chi connectivity index (χ2v) is 4.81. The normalized spacial score (nSPS) is 11.1. The Labute approximate surface area is 127 Å². The quantitative estimate of drug-likeness (QED) is 0.717. The van der Waals surface area contributed by atoms with Gasteiger partial charge in [0, 0.05) is 17.2 Å². The van der Waals surface area contributed by atoms with Gasteiger partial charge in [-0.1, -0.05) is 42.5 Å². The van der Waals surface area contributed by atoms with Crippen molar-refractivity contribution in [1.82, 2.24) is 0 Å². The van der Waals surface area contributed by atoms with Crippen LogP contribution in [0.25, 0.3) is 10.8 Å². The summed E-state index contributed by atoms with van der Waals surface area (Å²) < 4.78 is 0. The minimum absolute atomic E-state index is 0.124. The van der Waals surface area contributed by atoms with Crippen LogP contribution in [0.3, 0.4) is 0 Å². The van der Waals surface area contributed by atoms with E-state index in [0.717, 1.165) is 10.8 Å². The average molecular weight is 291 g/mol.